The Bertz CT molecular complexity index is 1600. The van der Waals surface area contributed by atoms with Crippen molar-refractivity contribution in [3.8, 4) is 34.6 Å². The topological polar surface area (TPSA) is 95.8 Å². The Labute approximate surface area is 253 Å². The highest BCUT2D eigenvalue weighted by molar-refractivity contribution is 5.97. The normalized spacial score (nSPS) is 16.2. The van der Waals surface area contributed by atoms with Gasteiger partial charge >= 0.3 is 0 Å². The third-order valence-corrected chi connectivity index (χ3v) is 8.66. The quantitative estimate of drug-likeness (QED) is 0.257. The molecule has 2 saturated heterocycles. The summed E-state index contributed by atoms with van der Waals surface area (Å²) in [5, 5.41) is 14.1. The summed E-state index contributed by atoms with van der Waals surface area (Å²) in [6.07, 6.45) is 8.84. The van der Waals surface area contributed by atoms with Crippen LogP contribution in [0, 0.1) is 11.3 Å². The minimum absolute atomic E-state index is 0.431. The highest BCUT2D eigenvalue weighted by atomic mass is 16.5. The smallest absolute Gasteiger partial charge is 0.203 e. The summed E-state index contributed by atoms with van der Waals surface area (Å²) < 4.78 is 16.5. The van der Waals surface area contributed by atoms with Crippen molar-refractivity contribution in [1.82, 2.24) is 19.8 Å². The Balaban J connectivity index is 1.19. The summed E-state index contributed by atoms with van der Waals surface area (Å²) in [6, 6.07) is 16.9. The first-order chi connectivity index (χ1) is 21.1. The molecule has 1 N–H and O–H groups in total. The predicted octanol–water partition coefficient (Wildman–Crippen LogP) is 6.00. The molecule has 2 aliphatic rings. The zero-order valence-electron chi connectivity index (χ0n) is 25.1. The molecule has 2 aromatic carbocycles. The van der Waals surface area contributed by atoms with Gasteiger partial charge in [-0.3, -0.25) is 14.9 Å². The van der Waals surface area contributed by atoms with Gasteiger partial charge in [-0.25, -0.2) is 0 Å². The molecular formula is C34H38N6O3. The minimum Gasteiger partial charge on any atom is -0.493 e. The number of nitrogens with one attached hydrogen (secondary N) is 1. The van der Waals surface area contributed by atoms with E-state index < -0.39 is 0 Å². The Kier molecular flexibility index (Phi) is 8.59. The number of ether oxygens (including phenoxy) is 3. The van der Waals surface area contributed by atoms with Crippen molar-refractivity contribution >= 4 is 22.3 Å². The van der Waals surface area contributed by atoms with Crippen LogP contribution >= 0.6 is 0 Å². The van der Waals surface area contributed by atoms with E-state index in [2.05, 4.69) is 38.3 Å². The van der Waals surface area contributed by atoms with E-state index >= 15 is 0 Å². The van der Waals surface area contributed by atoms with E-state index in [-0.39, 0.29) is 0 Å². The molecule has 0 radical (unpaired) electrons. The molecule has 0 aliphatic carbocycles. The Morgan fingerprint density at radius 2 is 1.63 bits per heavy atom. The third kappa shape index (κ3) is 6.07. The number of likely N-dealkylation sites (tertiary alicyclic amines) is 2. The van der Waals surface area contributed by atoms with Gasteiger partial charge in [-0.15, -0.1) is 0 Å². The minimum atomic E-state index is 0.431. The van der Waals surface area contributed by atoms with Crippen LogP contribution in [0.2, 0.25) is 0 Å². The average molecular weight is 579 g/mol. The van der Waals surface area contributed by atoms with E-state index in [1.807, 2.05) is 36.5 Å². The number of fused-ring (bicyclic) bond motifs is 1. The first-order valence-electron chi connectivity index (χ1n) is 14.9. The number of anilines is 2. The molecule has 0 spiro atoms. The zero-order valence-corrected chi connectivity index (χ0v) is 25.1. The number of hydrogen-bond donors (Lipinski definition) is 1. The molecule has 9 heteroatoms. The average Bonchev–Trinajstić information content (AvgIpc) is 3.60. The Hall–Kier alpha value is -4.39. The van der Waals surface area contributed by atoms with E-state index in [0.717, 1.165) is 47.8 Å². The molecule has 222 valence electrons. The first-order valence-corrected chi connectivity index (χ1v) is 14.9. The number of nitriles is 1. The maximum absolute atomic E-state index is 9.86. The Morgan fingerprint density at radius 3 is 2.26 bits per heavy atom. The maximum atomic E-state index is 9.86. The largest absolute Gasteiger partial charge is 0.493 e. The van der Waals surface area contributed by atoms with Gasteiger partial charge in [-0.2, -0.15) is 5.26 Å². The van der Waals surface area contributed by atoms with Crippen molar-refractivity contribution < 1.29 is 14.2 Å². The first kappa shape index (κ1) is 28.7. The lowest BCUT2D eigenvalue weighted by atomic mass is 10.0. The second-order valence-electron chi connectivity index (χ2n) is 11.2. The highest BCUT2D eigenvalue weighted by Crippen LogP contribution is 2.41. The van der Waals surface area contributed by atoms with Gasteiger partial charge in [0.05, 0.1) is 43.8 Å². The lowest BCUT2D eigenvalue weighted by Crippen LogP contribution is -2.43. The van der Waals surface area contributed by atoms with E-state index in [1.165, 1.54) is 44.3 Å². The summed E-state index contributed by atoms with van der Waals surface area (Å²) >= 11 is 0. The highest BCUT2D eigenvalue weighted by Gasteiger charge is 2.26. The van der Waals surface area contributed by atoms with Gasteiger partial charge in [-0.05, 0) is 75.6 Å². The van der Waals surface area contributed by atoms with Gasteiger partial charge in [0.1, 0.15) is 6.07 Å². The van der Waals surface area contributed by atoms with E-state index in [9.17, 15) is 5.26 Å². The van der Waals surface area contributed by atoms with Gasteiger partial charge in [-0.1, -0.05) is 12.1 Å². The number of pyridine rings is 2. The van der Waals surface area contributed by atoms with E-state index in [4.69, 9.17) is 19.2 Å². The number of rotatable bonds is 9. The summed E-state index contributed by atoms with van der Waals surface area (Å²) in [7, 11) is 4.71. The van der Waals surface area contributed by atoms with Crippen LogP contribution in [0.3, 0.4) is 0 Å². The molecule has 0 atom stereocenters. The Morgan fingerprint density at radius 1 is 0.884 bits per heavy atom. The third-order valence-electron chi connectivity index (χ3n) is 8.66. The van der Waals surface area contributed by atoms with Crippen LogP contribution in [0.25, 0.3) is 22.2 Å². The zero-order chi connectivity index (χ0) is 29.8. The molecule has 2 fully saturated rings. The van der Waals surface area contributed by atoms with Gasteiger partial charge in [0.15, 0.2) is 11.5 Å². The van der Waals surface area contributed by atoms with Crippen LogP contribution in [0.15, 0.2) is 54.9 Å². The van der Waals surface area contributed by atoms with Crippen molar-refractivity contribution in [3.05, 3.63) is 66.0 Å². The van der Waals surface area contributed by atoms with Crippen LogP contribution in [0.4, 0.5) is 11.4 Å². The fraction of sp³-hybridized carbons (Fsp3) is 0.382. The monoisotopic (exact) mass is 578 g/mol. The number of nitrogens with zero attached hydrogens (tertiary/aromatic N) is 5. The molecule has 4 aromatic rings. The molecule has 6 rings (SSSR count). The summed E-state index contributed by atoms with van der Waals surface area (Å²) in [6.45, 7) is 5.80. The molecule has 2 aromatic heterocycles. The number of aromatic nitrogens is 2. The number of hydrogen-bond acceptors (Lipinski definition) is 9. The van der Waals surface area contributed by atoms with Gasteiger partial charge in [0.25, 0.3) is 0 Å². The van der Waals surface area contributed by atoms with Crippen LogP contribution in [-0.2, 0) is 6.54 Å². The molecular weight excluding hydrogens is 540 g/mol. The van der Waals surface area contributed by atoms with E-state index in [0.29, 0.717) is 34.2 Å². The molecule has 0 bridgehead atoms. The number of methoxy groups -OCH3 is 3. The summed E-state index contributed by atoms with van der Waals surface area (Å²) in [5.74, 6) is 1.54. The van der Waals surface area contributed by atoms with Gasteiger partial charge in [0.2, 0.25) is 5.75 Å². The molecule has 43 heavy (non-hydrogen) atoms. The second kappa shape index (κ2) is 12.9. The van der Waals surface area contributed by atoms with Crippen molar-refractivity contribution in [2.45, 2.75) is 38.3 Å². The van der Waals surface area contributed by atoms with Crippen molar-refractivity contribution in [2.24, 2.45) is 0 Å². The fourth-order valence-corrected chi connectivity index (χ4v) is 6.37. The molecule has 0 unspecified atom stereocenters. The molecule has 9 nitrogen and oxygen atoms in total. The van der Waals surface area contributed by atoms with Gasteiger partial charge in [0, 0.05) is 53.8 Å². The lowest BCUT2D eigenvalue weighted by molar-refractivity contribution is 0.122. The molecule has 0 amide bonds. The summed E-state index contributed by atoms with van der Waals surface area (Å²) in [5.41, 5.74) is 5.65. The van der Waals surface area contributed by atoms with Crippen molar-refractivity contribution in [2.75, 3.05) is 52.8 Å². The SMILES string of the molecule is COc1cc(Nc2c(C#N)cnc3cc(-c4ccc(CN5CCC(N6CCCC6)CC5)cn4)ccc23)cc(OC)c1OC. The molecule has 2 aliphatic heterocycles. The van der Waals surface area contributed by atoms with Crippen LogP contribution in [0.5, 0.6) is 17.2 Å². The van der Waals surface area contributed by atoms with Gasteiger partial charge < -0.3 is 24.4 Å². The lowest BCUT2D eigenvalue weighted by Gasteiger charge is -2.36. The van der Waals surface area contributed by atoms with Crippen molar-refractivity contribution in [3.63, 3.8) is 0 Å². The van der Waals surface area contributed by atoms with Crippen molar-refractivity contribution in [1.29, 1.82) is 5.26 Å². The molecule has 4 heterocycles. The van der Waals surface area contributed by atoms with Crippen LogP contribution in [-0.4, -0.2) is 73.3 Å². The summed E-state index contributed by atoms with van der Waals surface area (Å²) in [4.78, 5) is 14.7. The van der Waals surface area contributed by atoms with Crippen LogP contribution in [0.1, 0.15) is 36.8 Å². The second-order valence-corrected chi connectivity index (χ2v) is 11.2. The number of piperidine rings is 1. The number of benzene rings is 2. The van der Waals surface area contributed by atoms with E-state index in [1.54, 1.807) is 27.5 Å². The fourth-order valence-electron chi connectivity index (χ4n) is 6.37. The molecule has 0 saturated carbocycles. The predicted molar refractivity (Wildman–Crippen MR) is 168 cm³/mol. The standard InChI is InChI=1S/C34H38N6O3/c1-41-31-17-26(18-32(42-2)34(31)43-3)38-33-25(19-35)21-37-30-16-24(7-8-28(30)33)29-9-6-23(20-36-29)22-39-14-10-27(11-15-39)40-12-4-5-13-40/h6-9,16-18,20-21,27H,4-5,10-15,22H2,1-3H3,(H,37,38). The van der Waals surface area contributed by atoms with Crippen LogP contribution < -0.4 is 19.5 Å². The maximum Gasteiger partial charge on any atom is 0.203 e.